The van der Waals surface area contributed by atoms with E-state index < -0.39 is 0 Å². The molecule has 100 valence electrons. The van der Waals surface area contributed by atoms with E-state index in [1.165, 1.54) is 12.5 Å². The van der Waals surface area contributed by atoms with Crippen molar-refractivity contribution in [2.24, 2.45) is 0 Å². The molecule has 0 aromatic heterocycles. The minimum Gasteiger partial charge on any atom is -0.377 e. The quantitative estimate of drug-likeness (QED) is 0.839. The Balaban J connectivity index is 2.14. The fourth-order valence-electron chi connectivity index (χ4n) is 2.79. The minimum absolute atomic E-state index is 0.0989. The number of methoxy groups -OCH3 is 1. The van der Waals surface area contributed by atoms with Crippen LogP contribution in [0, 0.1) is 5.82 Å². The van der Waals surface area contributed by atoms with Crippen LogP contribution in [0.3, 0.4) is 0 Å². The smallest absolute Gasteiger partial charge is 0.126 e. The Bertz CT molecular complexity index is 384. The van der Waals surface area contributed by atoms with E-state index in [2.05, 4.69) is 12.2 Å². The maximum absolute atomic E-state index is 13.7. The zero-order chi connectivity index (χ0) is 13.0. The van der Waals surface area contributed by atoms with E-state index >= 15 is 0 Å². The van der Waals surface area contributed by atoms with Crippen LogP contribution in [0.25, 0.3) is 0 Å². The molecule has 3 heteroatoms. The highest BCUT2D eigenvalue weighted by Crippen LogP contribution is 2.39. The first-order chi connectivity index (χ1) is 8.72. The molecule has 1 aliphatic carbocycles. The Labute approximate surface area is 109 Å². The zero-order valence-corrected chi connectivity index (χ0v) is 11.2. The molecule has 0 amide bonds. The monoisotopic (exact) mass is 251 g/mol. The lowest BCUT2D eigenvalue weighted by molar-refractivity contribution is -0.0979. The van der Waals surface area contributed by atoms with E-state index in [1.54, 1.807) is 13.2 Å². The van der Waals surface area contributed by atoms with Crippen molar-refractivity contribution < 1.29 is 9.13 Å². The Morgan fingerprint density at radius 2 is 2.11 bits per heavy atom. The normalized spacial score (nSPS) is 19.3. The largest absolute Gasteiger partial charge is 0.377 e. The minimum atomic E-state index is -0.119. The van der Waals surface area contributed by atoms with Crippen LogP contribution in [0.1, 0.15) is 31.7 Å². The number of benzene rings is 1. The molecule has 1 aliphatic rings. The van der Waals surface area contributed by atoms with Gasteiger partial charge in [-0.15, -0.1) is 0 Å². The lowest BCUT2D eigenvalue weighted by atomic mass is 9.72. The Kier molecular flexibility index (Phi) is 4.36. The molecule has 0 heterocycles. The summed E-state index contributed by atoms with van der Waals surface area (Å²) in [5.41, 5.74) is 0.671. The summed E-state index contributed by atoms with van der Waals surface area (Å²) in [4.78, 5) is 0. The summed E-state index contributed by atoms with van der Waals surface area (Å²) in [5.74, 6) is -0.119. The van der Waals surface area contributed by atoms with Gasteiger partial charge in [-0.2, -0.15) is 0 Å². The summed E-state index contributed by atoms with van der Waals surface area (Å²) < 4.78 is 19.5. The first-order valence-corrected chi connectivity index (χ1v) is 6.74. The van der Waals surface area contributed by atoms with Crippen molar-refractivity contribution in [2.45, 2.75) is 44.2 Å². The number of ether oxygens (including phenoxy) is 1. The molecule has 2 nitrogen and oxygen atoms in total. The van der Waals surface area contributed by atoms with Gasteiger partial charge < -0.3 is 10.1 Å². The molecule has 1 aromatic rings. The first-order valence-electron chi connectivity index (χ1n) is 6.74. The fraction of sp³-hybridized carbons (Fsp3) is 0.600. The second-order valence-corrected chi connectivity index (χ2v) is 5.03. The van der Waals surface area contributed by atoms with Gasteiger partial charge in [-0.25, -0.2) is 4.39 Å². The standard InChI is InChI=1S/C15H22FNO/c1-3-17-14(15(18-2)9-6-10-15)11-12-7-4-5-8-13(12)16/h4-5,7-8,14,17H,3,6,9-11H2,1-2H3. The van der Waals surface area contributed by atoms with Crippen molar-refractivity contribution in [1.82, 2.24) is 5.32 Å². The van der Waals surface area contributed by atoms with Crippen LogP contribution in [-0.4, -0.2) is 25.3 Å². The highest BCUT2D eigenvalue weighted by atomic mass is 19.1. The molecule has 1 N–H and O–H groups in total. The molecular weight excluding hydrogens is 229 g/mol. The third-order valence-electron chi connectivity index (χ3n) is 4.07. The van der Waals surface area contributed by atoms with Crippen molar-refractivity contribution >= 4 is 0 Å². The fourth-order valence-corrected chi connectivity index (χ4v) is 2.79. The van der Waals surface area contributed by atoms with Crippen LogP contribution >= 0.6 is 0 Å². The number of hydrogen-bond donors (Lipinski definition) is 1. The highest BCUT2D eigenvalue weighted by molar-refractivity contribution is 5.20. The van der Waals surface area contributed by atoms with E-state index in [0.29, 0.717) is 6.42 Å². The predicted molar refractivity (Wildman–Crippen MR) is 71.2 cm³/mol. The van der Waals surface area contributed by atoms with Crippen LogP contribution in [0.15, 0.2) is 24.3 Å². The van der Waals surface area contributed by atoms with E-state index in [4.69, 9.17) is 4.74 Å². The van der Waals surface area contributed by atoms with Crippen molar-refractivity contribution in [1.29, 1.82) is 0 Å². The van der Waals surface area contributed by atoms with Crippen molar-refractivity contribution in [3.63, 3.8) is 0 Å². The van der Waals surface area contributed by atoms with Gasteiger partial charge in [0.15, 0.2) is 0 Å². The second kappa shape index (κ2) is 5.81. The van der Waals surface area contributed by atoms with E-state index in [0.717, 1.165) is 24.9 Å². The second-order valence-electron chi connectivity index (χ2n) is 5.03. The molecule has 1 fully saturated rings. The van der Waals surface area contributed by atoms with E-state index in [1.807, 2.05) is 12.1 Å². The Hall–Kier alpha value is -0.930. The van der Waals surface area contributed by atoms with Crippen LogP contribution in [0.4, 0.5) is 4.39 Å². The van der Waals surface area contributed by atoms with Crippen LogP contribution in [0.2, 0.25) is 0 Å². The lowest BCUT2D eigenvalue weighted by Gasteiger charge is -2.47. The van der Waals surface area contributed by atoms with Crippen molar-refractivity contribution in [3.8, 4) is 0 Å². The summed E-state index contributed by atoms with van der Waals surface area (Å²) in [5, 5.41) is 3.46. The third kappa shape index (κ3) is 2.57. The summed E-state index contributed by atoms with van der Waals surface area (Å²) in [6.07, 6.45) is 4.02. The van der Waals surface area contributed by atoms with Gasteiger partial charge in [-0.3, -0.25) is 0 Å². The van der Waals surface area contributed by atoms with Crippen molar-refractivity contribution in [2.75, 3.05) is 13.7 Å². The SMILES string of the molecule is CCNC(Cc1ccccc1F)C1(OC)CCC1. The van der Waals surface area contributed by atoms with Gasteiger partial charge >= 0.3 is 0 Å². The summed E-state index contributed by atoms with van der Waals surface area (Å²) in [6, 6.07) is 7.21. The molecule has 0 radical (unpaired) electrons. The van der Waals surface area contributed by atoms with Gasteiger partial charge in [0.2, 0.25) is 0 Å². The molecule has 1 saturated carbocycles. The third-order valence-corrected chi connectivity index (χ3v) is 4.07. The van der Waals surface area contributed by atoms with Crippen LogP contribution < -0.4 is 5.32 Å². The number of hydrogen-bond acceptors (Lipinski definition) is 2. The maximum atomic E-state index is 13.7. The van der Waals surface area contributed by atoms with Gasteiger partial charge in [-0.1, -0.05) is 25.1 Å². The summed E-state index contributed by atoms with van der Waals surface area (Å²) in [7, 11) is 1.77. The Morgan fingerprint density at radius 3 is 2.61 bits per heavy atom. The molecule has 1 atom stereocenters. The van der Waals surface area contributed by atoms with Gasteiger partial charge in [0.1, 0.15) is 5.82 Å². The van der Waals surface area contributed by atoms with Crippen LogP contribution in [0.5, 0.6) is 0 Å². The average molecular weight is 251 g/mol. The summed E-state index contributed by atoms with van der Waals surface area (Å²) in [6.45, 7) is 2.96. The highest BCUT2D eigenvalue weighted by Gasteiger charge is 2.44. The van der Waals surface area contributed by atoms with Gasteiger partial charge in [0.25, 0.3) is 0 Å². The molecule has 1 aromatic carbocycles. The van der Waals surface area contributed by atoms with Gasteiger partial charge in [0, 0.05) is 13.2 Å². The van der Waals surface area contributed by atoms with Crippen molar-refractivity contribution in [3.05, 3.63) is 35.6 Å². The van der Waals surface area contributed by atoms with Gasteiger partial charge in [-0.05, 0) is 43.9 Å². The number of halogens is 1. The number of rotatable bonds is 6. The molecule has 2 rings (SSSR count). The van der Waals surface area contributed by atoms with Gasteiger partial charge in [0.05, 0.1) is 5.60 Å². The molecule has 0 spiro atoms. The zero-order valence-electron chi connectivity index (χ0n) is 11.2. The number of nitrogens with one attached hydrogen (secondary N) is 1. The molecule has 0 saturated heterocycles. The average Bonchev–Trinajstić information content (AvgIpc) is 2.31. The predicted octanol–water partition coefficient (Wildman–Crippen LogP) is 2.92. The molecule has 18 heavy (non-hydrogen) atoms. The molecule has 0 bridgehead atoms. The van der Waals surface area contributed by atoms with E-state index in [-0.39, 0.29) is 17.5 Å². The Morgan fingerprint density at radius 1 is 1.39 bits per heavy atom. The first kappa shape index (κ1) is 13.5. The topological polar surface area (TPSA) is 21.3 Å². The van der Waals surface area contributed by atoms with Crippen LogP contribution in [-0.2, 0) is 11.2 Å². The molecular formula is C15H22FNO. The molecule has 1 unspecified atom stereocenters. The lowest BCUT2D eigenvalue weighted by Crippen LogP contribution is -2.57. The number of likely N-dealkylation sites (N-methyl/N-ethyl adjacent to an activating group) is 1. The summed E-state index contributed by atoms with van der Waals surface area (Å²) >= 11 is 0. The molecule has 0 aliphatic heterocycles. The maximum Gasteiger partial charge on any atom is 0.126 e. The van der Waals surface area contributed by atoms with E-state index in [9.17, 15) is 4.39 Å².